The molecule has 0 radical (unpaired) electrons. The zero-order valence-electron chi connectivity index (χ0n) is 17.0. The smallest absolute Gasteiger partial charge is 0.124 e. The summed E-state index contributed by atoms with van der Waals surface area (Å²) >= 11 is 0. The summed E-state index contributed by atoms with van der Waals surface area (Å²) in [5, 5.41) is 4.18. The molecule has 0 amide bonds. The molecule has 5 heteroatoms. The quantitative estimate of drug-likeness (QED) is 0.694. The molecule has 1 unspecified atom stereocenters. The maximum absolute atomic E-state index is 5.09. The first-order valence-corrected chi connectivity index (χ1v) is 11.4. The Bertz CT molecular complexity index is 522. The van der Waals surface area contributed by atoms with Crippen LogP contribution in [0.1, 0.15) is 63.5 Å². The number of piperidine rings is 2. The molecule has 0 N–H and O–H groups in total. The second-order valence-corrected chi connectivity index (χ2v) is 9.07. The first-order chi connectivity index (χ1) is 13.4. The Labute approximate surface area is 165 Å². The van der Waals surface area contributed by atoms with Gasteiger partial charge in [-0.15, -0.1) is 0 Å². The number of hydrogen-bond acceptors (Lipinski definition) is 5. The van der Waals surface area contributed by atoms with Gasteiger partial charge < -0.3 is 14.3 Å². The molecule has 152 valence electrons. The topological polar surface area (TPSA) is 35.8 Å². The van der Waals surface area contributed by atoms with E-state index in [4.69, 9.17) is 4.52 Å². The fraction of sp³-hybridized carbons (Fsp3) is 0.864. The largest absolute Gasteiger partial charge is 0.364 e. The molecule has 5 nitrogen and oxygen atoms in total. The van der Waals surface area contributed by atoms with Crippen molar-refractivity contribution in [1.29, 1.82) is 0 Å². The van der Waals surface area contributed by atoms with E-state index < -0.39 is 0 Å². The SMILES string of the molecule is c1cc(CN(CCN2CCCCC2)CC2CCCN(C3CCCC3)C2)no1. The lowest BCUT2D eigenvalue weighted by molar-refractivity contribution is 0.0904. The van der Waals surface area contributed by atoms with Crippen molar-refractivity contribution in [3.8, 4) is 0 Å². The van der Waals surface area contributed by atoms with Crippen LogP contribution in [-0.2, 0) is 6.54 Å². The van der Waals surface area contributed by atoms with Crippen LogP contribution < -0.4 is 0 Å². The van der Waals surface area contributed by atoms with E-state index in [2.05, 4.69) is 19.9 Å². The Morgan fingerprint density at radius 1 is 1.00 bits per heavy atom. The minimum Gasteiger partial charge on any atom is -0.364 e. The van der Waals surface area contributed by atoms with E-state index in [1.54, 1.807) is 6.26 Å². The van der Waals surface area contributed by atoms with Crippen LogP contribution >= 0.6 is 0 Å². The van der Waals surface area contributed by atoms with Crippen LogP contribution in [0, 0.1) is 5.92 Å². The molecule has 3 heterocycles. The molecule has 0 spiro atoms. The second-order valence-electron chi connectivity index (χ2n) is 9.07. The summed E-state index contributed by atoms with van der Waals surface area (Å²) in [6.07, 6.45) is 14.4. The fourth-order valence-corrected chi connectivity index (χ4v) is 5.46. The number of rotatable bonds is 8. The molecule has 1 atom stereocenters. The van der Waals surface area contributed by atoms with Gasteiger partial charge in [0.25, 0.3) is 0 Å². The molecule has 1 aromatic heterocycles. The Morgan fingerprint density at radius 2 is 1.85 bits per heavy atom. The molecule has 0 aromatic carbocycles. The number of likely N-dealkylation sites (tertiary alicyclic amines) is 2. The molecule has 27 heavy (non-hydrogen) atoms. The first kappa shape index (κ1) is 19.4. The minimum absolute atomic E-state index is 0.813. The van der Waals surface area contributed by atoms with Crippen LogP contribution in [0.4, 0.5) is 0 Å². The average Bonchev–Trinajstić information content (AvgIpc) is 3.41. The Balaban J connectivity index is 1.31. The van der Waals surface area contributed by atoms with Gasteiger partial charge in [0, 0.05) is 44.8 Å². The summed E-state index contributed by atoms with van der Waals surface area (Å²) < 4.78 is 5.09. The van der Waals surface area contributed by atoms with Crippen LogP contribution in [0.3, 0.4) is 0 Å². The second kappa shape index (κ2) is 10.0. The van der Waals surface area contributed by atoms with Crippen molar-refractivity contribution in [2.45, 2.75) is 70.4 Å². The van der Waals surface area contributed by atoms with Crippen LogP contribution in [0.25, 0.3) is 0 Å². The van der Waals surface area contributed by atoms with Gasteiger partial charge in [-0.25, -0.2) is 0 Å². The fourth-order valence-electron chi connectivity index (χ4n) is 5.46. The maximum atomic E-state index is 5.09. The van der Waals surface area contributed by atoms with Gasteiger partial charge in [-0.3, -0.25) is 4.90 Å². The zero-order chi connectivity index (χ0) is 18.3. The van der Waals surface area contributed by atoms with Gasteiger partial charge in [0.2, 0.25) is 0 Å². The number of nitrogens with zero attached hydrogens (tertiary/aromatic N) is 4. The highest BCUT2D eigenvalue weighted by Crippen LogP contribution is 2.28. The summed E-state index contributed by atoms with van der Waals surface area (Å²) in [5.74, 6) is 0.813. The van der Waals surface area contributed by atoms with Gasteiger partial charge in [-0.05, 0) is 64.1 Å². The zero-order valence-corrected chi connectivity index (χ0v) is 17.0. The van der Waals surface area contributed by atoms with Gasteiger partial charge in [-0.2, -0.15) is 0 Å². The van der Waals surface area contributed by atoms with Crippen LogP contribution in [0.2, 0.25) is 0 Å². The molecule has 1 saturated carbocycles. The predicted molar refractivity (Wildman–Crippen MR) is 109 cm³/mol. The highest BCUT2D eigenvalue weighted by Gasteiger charge is 2.29. The van der Waals surface area contributed by atoms with Gasteiger partial charge in [0.1, 0.15) is 6.26 Å². The molecule has 4 rings (SSSR count). The Morgan fingerprint density at radius 3 is 2.63 bits per heavy atom. The van der Waals surface area contributed by atoms with E-state index in [1.165, 1.54) is 97.1 Å². The van der Waals surface area contributed by atoms with E-state index >= 15 is 0 Å². The van der Waals surface area contributed by atoms with Crippen LogP contribution in [0.5, 0.6) is 0 Å². The molecule has 2 aliphatic heterocycles. The van der Waals surface area contributed by atoms with Crippen LogP contribution in [0.15, 0.2) is 16.9 Å². The molecule has 1 aromatic rings. The Kier molecular flexibility index (Phi) is 7.21. The van der Waals surface area contributed by atoms with Gasteiger partial charge in [0.05, 0.1) is 5.69 Å². The van der Waals surface area contributed by atoms with Crippen molar-refractivity contribution in [3.63, 3.8) is 0 Å². The molecule has 2 saturated heterocycles. The van der Waals surface area contributed by atoms with Gasteiger partial charge >= 0.3 is 0 Å². The monoisotopic (exact) mass is 374 g/mol. The minimum atomic E-state index is 0.813. The molecule has 1 aliphatic carbocycles. The lowest BCUT2D eigenvalue weighted by Gasteiger charge is -2.39. The summed E-state index contributed by atoms with van der Waals surface area (Å²) in [4.78, 5) is 8.13. The van der Waals surface area contributed by atoms with E-state index in [0.29, 0.717) is 0 Å². The van der Waals surface area contributed by atoms with Crippen molar-refractivity contribution in [3.05, 3.63) is 18.0 Å². The number of aromatic nitrogens is 1. The highest BCUT2D eigenvalue weighted by molar-refractivity contribution is 4.95. The predicted octanol–water partition coefficient (Wildman–Crippen LogP) is 3.62. The average molecular weight is 375 g/mol. The molecule has 0 bridgehead atoms. The summed E-state index contributed by atoms with van der Waals surface area (Å²) in [7, 11) is 0. The van der Waals surface area contributed by atoms with E-state index in [1.807, 2.05) is 6.07 Å². The standard InChI is InChI=1S/C22H38N4O/c1-4-11-24(12-5-1)14-15-25(19-21-10-16-27-23-21)17-20-7-6-13-26(18-20)22-8-2-3-9-22/h10,16,20,22H,1-9,11-15,17-19H2. The molecule has 3 aliphatic rings. The normalized spacial score (nSPS) is 26.2. The summed E-state index contributed by atoms with van der Waals surface area (Å²) in [6, 6.07) is 2.91. The van der Waals surface area contributed by atoms with Gasteiger partial charge in [-0.1, -0.05) is 24.4 Å². The van der Waals surface area contributed by atoms with Crippen molar-refractivity contribution in [2.24, 2.45) is 5.92 Å². The lowest BCUT2D eigenvalue weighted by atomic mass is 9.95. The van der Waals surface area contributed by atoms with Crippen molar-refractivity contribution >= 4 is 0 Å². The van der Waals surface area contributed by atoms with Gasteiger partial charge in [0.15, 0.2) is 0 Å². The van der Waals surface area contributed by atoms with E-state index in [0.717, 1.165) is 30.7 Å². The van der Waals surface area contributed by atoms with Crippen molar-refractivity contribution in [1.82, 2.24) is 19.9 Å². The third-order valence-corrected chi connectivity index (χ3v) is 6.97. The Hall–Kier alpha value is -0.910. The van der Waals surface area contributed by atoms with Crippen LogP contribution in [-0.4, -0.2) is 71.7 Å². The highest BCUT2D eigenvalue weighted by atomic mass is 16.5. The molecular weight excluding hydrogens is 336 g/mol. The summed E-state index contributed by atoms with van der Waals surface area (Å²) in [6.45, 7) is 9.73. The van der Waals surface area contributed by atoms with Crippen molar-refractivity contribution < 1.29 is 4.52 Å². The third kappa shape index (κ3) is 5.78. The maximum Gasteiger partial charge on any atom is 0.124 e. The lowest BCUT2D eigenvalue weighted by Crippen LogP contribution is -2.46. The number of hydrogen-bond donors (Lipinski definition) is 0. The van der Waals surface area contributed by atoms with E-state index in [-0.39, 0.29) is 0 Å². The van der Waals surface area contributed by atoms with E-state index in [9.17, 15) is 0 Å². The summed E-state index contributed by atoms with van der Waals surface area (Å²) in [5.41, 5.74) is 1.08. The molecular formula is C22H38N4O. The third-order valence-electron chi connectivity index (χ3n) is 6.97. The molecule has 3 fully saturated rings. The van der Waals surface area contributed by atoms with Crippen molar-refractivity contribution in [2.75, 3.05) is 45.8 Å². The first-order valence-electron chi connectivity index (χ1n) is 11.4.